The Hall–Kier alpha value is -0.600. The first-order valence-corrected chi connectivity index (χ1v) is 3.85. The molecular formula is C8H10ClNO. The smallest absolute Gasteiger partial charge is 0.132 e. The van der Waals surface area contributed by atoms with Crippen molar-refractivity contribution < 1.29 is 5.11 Å². The molecule has 1 atom stereocenters. The van der Waals surface area contributed by atoms with Crippen LogP contribution in [0.2, 0.25) is 5.15 Å². The van der Waals surface area contributed by atoms with Gasteiger partial charge in [-0.15, -0.1) is 0 Å². The van der Waals surface area contributed by atoms with E-state index in [2.05, 4.69) is 4.98 Å². The van der Waals surface area contributed by atoms with E-state index < -0.39 is 0 Å². The molecule has 0 saturated carbocycles. The van der Waals surface area contributed by atoms with Crippen LogP contribution < -0.4 is 0 Å². The summed E-state index contributed by atoms with van der Waals surface area (Å²) in [5, 5.41) is 9.52. The Morgan fingerprint density at radius 1 is 1.73 bits per heavy atom. The third-order valence-corrected chi connectivity index (χ3v) is 1.69. The maximum absolute atomic E-state index is 9.04. The van der Waals surface area contributed by atoms with Crippen molar-refractivity contribution in [2.75, 3.05) is 0 Å². The van der Waals surface area contributed by atoms with E-state index in [1.807, 2.05) is 12.1 Å². The van der Waals surface area contributed by atoms with Crippen molar-refractivity contribution in [3.63, 3.8) is 0 Å². The summed E-state index contributed by atoms with van der Waals surface area (Å²) in [5.74, 6) is 0. The summed E-state index contributed by atoms with van der Waals surface area (Å²) in [4.78, 5) is 3.89. The zero-order valence-electron chi connectivity index (χ0n) is 6.29. The molecule has 3 heteroatoms. The van der Waals surface area contributed by atoms with Crippen LogP contribution in [-0.4, -0.2) is 16.2 Å². The van der Waals surface area contributed by atoms with E-state index >= 15 is 0 Å². The number of aliphatic hydroxyl groups excluding tert-OH is 1. The van der Waals surface area contributed by atoms with Crippen LogP contribution in [0.4, 0.5) is 0 Å². The van der Waals surface area contributed by atoms with Crippen LogP contribution in [0, 0.1) is 0 Å². The second-order valence-electron chi connectivity index (χ2n) is 2.51. The van der Waals surface area contributed by atoms with Crippen LogP contribution >= 0.6 is 11.6 Å². The van der Waals surface area contributed by atoms with Gasteiger partial charge in [-0.05, 0) is 18.6 Å². The van der Waals surface area contributed by atoms with Crippen LogP contribution in [0.5, 0.6) is 0 Å². The second kappa shape index (κ2) is 3.69. The van der Waals surface area contributed by atoms with E-state index in [1.165, 1.54) is 0 Å². The maximum atomic E-state index is 9.04. The lowest BCUT2D eigenvalue weighted by atomic mass is 10.1. The normalized spacial score (nSPS) is 13.0. The van der Waals surface area contributed by atoms with Gasteiger partial charge in [-0.2, -0.15) is 0 Å². The van der Waals surface area contributed by atoms with E-state index in [4.69, 9.17) is 16.7 Å². The third kappa shape index (κ3) is 2.48. The van der Waals surface area contributed by atoms with E-state index in [0.717, 1.165) is 5.56 Å². The van der Waals surface area contributed by atoms with Gasteiger partial charge in [0.05, 0.1) is 6.10 Å². The van der Waals surface area contributed by atoms with E-state index in [0.29, 0.717) is 11.6 Å². The number of rotatable bonds is 2. The summed E-state index contributed by atoms with van der Waals surface area (Å²) in [6.07, 6.45) is 1.83. The van der Waals surface area contributed by atoms with Gasteiger partial charge in [0, 0.05) is 12.6 Å². The minimum Gasteiger partial charge on any atom is -0.393 e. The fourth-order valence-electron chi connectivity index (χ4n) is 0.890. The summed E-state index contributed by atoms with van der Waals surface area (Å²) in [5.41, 5.74) is 0.893. The summed E-state index contributed by atoms with van der Waals surface area (Å²) in [6.45, 7) is 1.73. The molecule has 0 aromatic carbocycles. The van der Waals surface area contributed by atoms with Gasteiger partial charge in [0.25, 0.3) is 0 Å². The second-order valence-corrected chi connectivity index (χ2v) is 2.86. The van der Waals surface area contributed by atoms with Crippen molar-refractivity contribution in [1.29, 1.82) is 0 Å². The standard InChI is InChI=1S/C8H10ClNO/c1-6(11)5-7-3-2-4-10-8(7)9/h2-4,6,11H,5H2,1H3/t6-/m1/s1. The molecular weight excluding hydrogens is 162 g/mol. The summed E-state index contributed by atoms with van der Waals surface area (Å²) in [7, 11) is 0. The number of hydrogen-bond acceptors (Lipinski definition) is 2. The monoisotopic (exact) mass is 171 g/mol. The average molecular weight is 172 g/mol. The molecule has 0 aliphatic heterocycles. The maximum Gasteiger partial charge on any atom is 0.132 e. The van der Waals surface area contributed by atoms with Crippen LogP contribution in [0.3, 0.4) is 0 Å². The van der Waals surface area contributed by atoms with Gasteiger partial charge in [-0.3, -0.25) is 0 Å². The molecule has 11 heavy (non-hydrogen) atoms. The van der Waals surface area contributed by atoms with Gasteiger partial charge in [0.2, 0.25) is 0 Å². The summed E-state index contributed by atoms with van der Waals surface area (Å²) in [6, 6.07) is 3.67. The highest BCUT2D eigenvalue weighted by molar-refractivity contribution is 6.30. The molecule has 0 spiro atoms. The van der Waals surface area contributed by atoms with Gasteiger partial charge in [0.1, 0.15) is 5.15 Å². The minimum absolute atomic E-state index is 0.364. The lowest BCUT2D eigenvalue weighted by Crippen LogP contribution is -2.04. The molecule has 1 aromatic rings. The molecule has 0 fully saturated rings. The fourth-order valence-corrected chi connectivity index (χ4v) is 1.09. The van der Waals surface area contributed by atoms with Gasteiger partial charge in [-0.25, -0.2) is 4.98 Å². The molecule has 1 N–H and O–H groups in total. The lowest BCUT2D eigenvalue weighted by Gasteiger charge is -2.04. The average Bonchev–Trinajstić information content (AvgIpc) is 1.93. The molecule has 0 radical (unpaired) electrons. The quantitative estimate of drug-likeness (QED) is 0.687. The Labute approximate surface area is 70.8 Å². The Balaban J connectivity index is 2.78. The van der Waals surface area contributed by atoms with E-state index in [9.17, 15) is 0 Å². The molecule has 0 amide bonds. The van der Waals surface area contributed by atoms with Crippen LogP contribution in [0.1, 0.15) is 12.5 Å². The van der Waals surface area contributed by atoms with E-state index in [-0.39, 0.29) is 6.10 Å². The zero-order chi connectivity index (χ0) is 8.27. The molecule has 0 unspecified atom stereocenters. The Bertz CT molecular complexity index is 237. The molecule has 0 aliphatic rings. The molecule has 1 heterocycles. The Morgan fingerprint density at radius 2 is 2.45 bits per heavy atom. The van der Waals surface area contributed by atoms with Crippen LogP contribution in [-0.2, 0) is 6.42 Å². The Kier molecular flexibility index (Phi) is 2.85. The molecule has 1 aromatic heterocycles. The topological polar surface area (TPSA) is 33.1 Å². The number of nitrogens with zero attached hydrogens (tertiary/aromatic N) is 1. The number of halogens is 1. The first-order chi connectivity index (χ1) is 5.20. The van der Waals surface area contributed by atoms with E-state index in [1.54, 1.807) is 13.1 Å². The Morgan fingerprint density at radius 3 is 3.00 bits per heavy atom. The molecule has 0 saturated heterocycles. The zero-order valence-corrected chi connectivity index (χ0v) is 7.04. The largest absolute Gasteiger partial charge is 0.393 e. The molecule has 0 aliphatic carbocycles. The first kappa shape index (κ1) is 8.50. The van der Waals surface area contributed by atoms with Crippen molar-refractivity contribution >= 4 is 11.6 Å². The van der Waals surface area contributed by atoms with Crippen molar-refractivity contribution in [3.8, 4) is 0 Å². The first-order valence-electron chi connectivity index (χ1n) is 3.47. The van der Waals surface area contributed by atoms with Gasteiger partial charge in [-0.1, -0.05) is 17.7 Å². The van der Waals surface area contributed by atoms with Gasteiger partial charge < -0.3 is 5.11 Å². The number of hydrogen-bond donors (Lipinski definition) is 1. The van der Waals surface area contributed by atoms with Crippen molar-refractivity contribution in [2.24, 2.45) is 0 Å². The number of pyridine rings is 1. The van der Waals surface area contributed by atoms with Crippen LogP contribution in [0.15, 0.2) is 18.3 Å². The van der Waals surface area contributed by atoms with Gasteiger partial charge in [0.15, 0.2) is 0 Å². The predicted octanol–water partition coefficient (Wildman–Crippen LogP) is 1.66. The molecule has 1 rings (SSSR count). The molecule has 0 bridgehead atoms. The number of aromatic nitrogens is 1. The lowest BCUT2D eigenvalue weighted by molar-refractivity contribution is 0.195. The highest BCUT2D eigenvalue weighted by Gasteiger charge is 2.02. The fraction of sp³-hybridized carbons (Fsp3) is 0.375. The predicted molar refractivity (Wildman–Crippen MR) is 44.6 cm³/mol. The highest BCUT2D eigenvalue weighted by atomic mass is 35.5. The summed E-state index contributed by atoms with van der Waals surface area (Å²) >= 11 is 5.75. The van der Waals surface area contributed by atoms with Crippen LogP contribution in [0.25, 0.3) is 0 Å². The van der Waals surface area contributed by atoms with Gasteiger partial charge >= 0.3 is 0 Å². The SMILES string of the molecule is C[C@@H](O)Cc1cccnc1Cl. The number of aliphatic hydroxyl groups is 1. The highest BCUT2D eigenvalue weighted by Crippen LogP contribution is 2.12. The van der Waals surface area contributed by atoms with Crippen molar-refractivity contribution in [3.05, 3.63) is 29.0 Å². The third-order valence-electron chi connectivity index (χ3n) is 1.35. The minimum atomic E-state index is -0.364. The van der Waals surface area contributed by atoms with Crippen molar-refractivity contribution in [2.45, 2.75) is 19.4 Å². The molecule has 2 nitrogen and oxygen atoms in total. The summed E-state index contributed by atoms with van der Waals surface area (Å²) < 4.78 is 0. The molecule has 60 valence electrons. The van der Waals surface area contributed by atoms with Crippen molar-refractivity contribution in [1.82, 2.24) is 4.98 Å².